The van der Waals surface area contributed by atoms with Crippen molar-refractivity contribution in [3.8, 4) is 11.3 Å². The van der Waals surface area contributed by atoms with Crippen LogP contribution in [0.2, 0.25) is 0 Å². The molecule has 2 N–H and O–H groups in total. The maximum atomic E-state index is 12.6. The molecule has 4 aromatic carbocycles. The Morgan fingerprint density at radius 1 is 0.892 bits per heavy atom. The van der Waals surface area contributed by atoms with Gasteiger partial charge in [0.15, 0.2) is 11.5 Å². The summed E-state index contributed by atoms with van der Waals surface area (Å²) in [5, 5.41) is 5.81. The average Bonchev–Trinajstić information content (AvgIpc) is 3.38. The molecule has 0 radical (unpaired) electrons. The van der Waals surface area contributed by atoms with Crippen molar-refractivity contribution in [2.75, 3.05) is 10.0 Å². The van der Waals surface area contributed by atoms with Crippen molar-refractivity contribution in [1.29, 1.82) is 0 Å². The number of nitrogens with one attached hydrogen (secondary N) is 2. The molecular formula is C30H25N5OS. The van der Waals surface area contributed by atoms with Gasteiger partial charge in [-0.05, 0) is 53.6 Å². The third-order valence-electron chi connectivity index (χ3n) is 6.28. The van der Waals surface area contributed by atoms with E-state index in [1.165, 1.54) is 10.8 Å². The second-order valence-electron chi connectivity index (χ2n) is 8.93. The predicted molar refractivity (Wildman–Crippen MR) is 151 cm³/mol. The lowest BCUT2D eigenvalue weighted by Crippen LogP contribution is -2.06. The first-order chi connectivity index (χ1) is 18.1. The van der Waals surface area contributed by atoms with Gasteiger partial charge in [0.05, 0.1) is 10.6 Å². The fraction of sp³-hybridized carbons (Fsp3) is 0.0667. The molecule has 2 heterocycles. The first-order valence-corrected chi connectivity index (χ1v) is 13.2. The normalized spacial score (nSPS) is 12.0. The lowest BCUT2D eigenvalue weighted by Gasteiger charge is -2.09. The third kappa shape index (κ3) is 4.94. The largest absolute Gasteiger partial charge is 0.363 e. The number of hydrogen-bond donors (Lipinski definition) is 2. The van der Waals surface area contributed by atoms with Gasteiger partial charge in [-0.2, -0.15) is 0 Å². The number of imidazole rings is 1. The van der Waals surface area contributed by atoms with E-state index in [2.05, 4.69) is 45.4 Å². The highest BCUT2D eigenvalue weighted by atomic mass is 32.2. The smallest absolute Gasteiger partial charge is 0.180 e. The summed E-state index contributed by atoms with van der Waals surface area (Å²) >= 11 is 0. The Morgan fingerprint density at radius 3 is 2.49 bits per heavy atom. The molecule has 1 unspecified atom stereocenters. The van der Waals surface area contributed by atoms with Crippen LogP contribution in [0.1, 0.15) is 11.1 Å². The summed E-state index contributed by atoms with van der Waals surface area (Å²) in [7, 11) is -1.31. The molecule has 0 aliphatic rings. The van der Waals surface area contributed by atoms with Crippen LogP contribution in [0.25, 0.3) is 27.7 Å². The average molecular weight is 504 g/mol. The van der Waals surface area contributed by atoms with Crippen LogP contribution in [0.5, 0.6) is 0 Å². The van der Waals surface area contributed by atoms with Crippen LogP contribution in [0.4, 0.5) is 11.5 Å². The van der Waals surface area contributed by atoms with Gasteiger partial charge in [-0.25, -0.2) is 14.2 Å². The van der Waals surface area contributed by atoms with E-state index in [0.717, 1.165) is 44.4 Å². The van der Waals surface area contributed by atoms with Crippen LogP contribution in [0, 0.1) is 6.92 Å². The van der Waals surface area contributed by atoms with Crippen molar-refractivity contribution in [2.45, 2.75) is 18.4 Å². The van der Waals surface area contributed by atoms with Crippen LogP contribution in [-0.2, 0) is 17.5 Å². The Hall–Kier alpha value is -4.49. The molecule has 0 amide bonds. The summed E-state index contributed by atoms with van der Waals surface area (Å²) < 4.78 is 17.6. The van der Waals surface area contributed by atoms with Gasteiger partial charge in [0.2, 0.25) is 0 Å². The highest BCUT2D eigenvalue weighted by Gasteiger charge is 2.10. The van der Waals surface area contributed by atoms with Gasteiger partial charge in [0.25, 0.3) is 0 Å². The monoisotopic (exact) mass is 503 g/mol. The van der Waals surface area contributed by atoms with E-state index in [9.17, 15) is 4.21 Å². The van der Waals surface area contributed by atoms with Crippen molar-refractivity contribution in [2.24, 2.45) is 0 Å². The fourth-order valence-corrected chi connectivity index (χ4v) is 5.09. The molecule has 6 aromatic rings. The Bertz CT molecular complexity index is 1730. The number of hydrogen-bond acceptors (Lipinski definition) is 4. The molecule has 7 heteroatoms. The topological polar surface area (TPSA) is 71.3 Å². The quantitative estimate of drug-likeness (QED) is 0.257. The van der Waals surface area contributed by atoms with Gasteiger partial charge in [-0.3, -0.25) is 0 Å². The molecule has 2 aromatic heterocycles. The van der Waals surface area contributed by atoms with Gasteiger partial charge in [0.1, 0.15) is 11.0 Å². The SMILES string of the molecule is Cc1ccc(S(=O)Nc2ccc(CNc3nccn4cc(-c5ccc6ccccc6c5)nc34)cc2)cc1. The van der Waals surface area contributed by atoms with Crippen molar-refractivity contribution in [3.63, 3.8) is 0 Å². The number of fused-ring (bicyclic) bond motifs is 2. The molecule has 0 aliphatic carbocycles. The summed E-state index contributed by atoms with van der Waals surface area (Å²) in [6, 6.07) is 30.3. The first-order valence-electron chi connectivity index (χ1n) is 12.0. The minimum Gasteiger partial charge on any atom is -0.363 e. The highest BCUT2D eigenvalue weighted by Crippen LogP contribution is 2.26. The number of aromatic nitrogens is 3. The molecule has 0 saturated carbocycles. The highest BCUT2D eigenvalue weighted by molar-refractivity contribution is 7.86. The van der Waals surface area contributed by atoms with E-state index in [0.29, 0.717) is 6.54 Å². The standard InChI is InChI=1S/C30H25N5OS/c1-21-6-14-27(15-7-21)37(36)34-26-12-8-22(9-13-26)19-32-29-30-33-28(20-35(30)17-16-31-29)25-11-10-23-4-2-3-5-24(23)18-25/h2-18,20,34H,19H2,1H3,(H,31,32). The first kappa shape index (κ1) is 22.9. The van der Waals surface area contributed by atoms with Gasteiger partial charge < -0.3 is 14.4 Å². The summed E-state index contributed by atoms with van der Waals surface area (Å²) in [6.07, 6.45) is 5.71. The maximum Gasteiger partial charge on any atom is 0.180 e. The molecule has 0 bridgehead atoms. The number of nitrogens with zero attached hydrogens (tertiary/aromatic N) is 3. The van der Waals surface area contributed by atoms with Crippen LogP contribution in [0.3, 0.4) is 0 Å². The molecule has 1 atom stereocenters. The van der Waals surface area contributed by atoms with Crippen molar-refractivity contribution < 1.29 is 4.21 Å². The minimum absolute atomic E-state index is 0.589. The van der Waals surface area contributed by atoms with Gasteiger partial charge in [0, 0.05) is 36.4 Å². The summed E-state index contributed by atoms with van der Waals surface area (Å²) in [6.45, 7) is 2.60. The molecule has 182 valence electrons. The van der Waals surface area contributed by atoms with Gasteiger partial charge in [-0.1, -0.05) is 66.2 Å². The zero-order chi connectivity index (χ0) is 25.2. The third-order valence-corrected chi connectivity index (χ3v) is 7.40. The summed E-state index contributed by atoms with van der Waals surface area (Å²) in [5.41, 5.74) is 5.77. The molecule has 6 rings (SSSR count). The molecular weight excluding hydrogens is 478 g/mol. The minimum atomic E-state index is -1.31. The number of aryl methyl sites for hydroxylation is 1. The lowest BCUT2D eigenvalue weighted by atomic mass is 10.1. The maximum absolute atomic E-state index is 12.6. The zero-order valence-electron chi connectivity index (χ0n) is 20.3. The number of rotatable bonds is 7. The fourth-order valence-electron chi connectivity index (χ4n) is 4.24. The second kappa shape index (κ2) is 9.87. The Labute approximate surface area is 217 Å². The van der Waals surface area contributed by atoms with Crippen molar-refractivity contribution >= 4 is 38.9 Å². The van der Waals surface area contributed by atoms with E-state index in [1.807, 2.05) is 84.4 Å². The van der Waals surface area contributed by atoms with Crippen LogP contribution in [-0.4, -0.2) is 18.6 Å². The van der Waals surface area contributed by atoms with Crippen LogP contribution in [0.15, 0.2) is 114 Å². The Balaban J connectivity index is 1.16. The predicted octanol–water partition coefficient (Wildman–Crippen LogP) is 6.60. The molecule has 0 spiro atoms. The van der Waals surface area contributed by atoms with E-state index >= 15 is 0 Å². The Kier molecular flexibility index (Phi) is 6.12. The van der Waals surface area contributed by atoms with Gasteiger partial charge in [-0.15, -0.1) is 0 Å². The number of benzene rings is 4. The van der Waals surface area contributed by atoms with E-state index in [4.69, 9.17) is 4.98 Å². The van der Waals surface area contributed by atoms with Crippen LogP contribution >= 0.6 is 0 Å². The molecule has 0 saturated heterocycles. The van der Waals surface area contributed by atoms with Crippen molar-refractivity contribution in [3.05, 3.63) is 121 Å². The van der Waals surface area contributed by atoms with E-state index < -0.39 is 11.0 Å². The zero-order valence-corrected chi connectivity index (χ0v) is 21.1. The van der Waals surface area contributed by atoms with Gasteiger partial charge >= 0.3 is 0 Å². The number of anilines is 2. The molecule has 0 fully saturated rings. The summed E-state index contributed by atoms with van der Waals surface area (Å²) in [5.74, 6) is 0.720. The lowest BCUT2D eigenvalue weighted by molar-refractivity contribution is 0.686. The van der Waals surface area contributed by atoms with Crippen molar-refractivity contribution in [1.82, 2.24) is 14.4 Å². The van der Waals surface area contributed by atoms with E-state index in [1.54, 1.807) is 6.20 Å². The van der Waals surface area contributed by atoms with Crippen LogP contribution < -0.4 is 10.0 Å². The Morgan fingerprint density at radius 2 is 1.68 bits per heavy atom. The van der Waals surface area contributed by atoms with E-state index in [-0.39, 0.29) is 0 Å². The molecule has 37 heavy (non-hydrogen) atoms. The summed E-state index contributed by atoms with van der Waals surface area (Å²) in [4.78, 5) is 10.2. The molecule has 0 aliphatic heterocycles. The molecule has 6 nitrogen and oxygen atoms in total. The second-order valence-corrected chi connectivity index (χ2v) is 10.1.